The monoisotopic (exact) mass is 457 g/mol. The topological polar surface area (TPSA) is 77.1 Å². The molecule has 4 aromatic rings. The molecule has 168 valence electrons. The van der Waals surface area contributed by atoms with Crippen LogP contribution in [0.4, 0.5) is 23.2 Å². The number of aromatic nitrogens is 4. The highest BCUT2D eigenvalue weighted by atomic mass is 19.4. The molecule has 33 heavy (non-hydrogen) atoms. The van der Waals surface area contributed by atoms with Crippen LogP contribution in [0.25, 0.3) is 22.6 Å². The number of nitrogens with zero attached hydrogens (tertiary/aromatic N) is 5. The van der Waals surface area contributed by atoms with E-state index >= 15 is 0 Å². The summed E-state index contributed by atoms with van der Waals surface area (Å²) >= 11 is 0. The molecule has 0 unspecified atom stereocenters. The van der Waals surface area contributed by atoms with E-state index in [-0.39, 0.29) is 24.0 Å². The van der Waals surface area contributed by atoms with Gasteiger partial charge in [-0.2, -0.15) is 18.3 Å². The van der Waals surface area contributed by atoms with Gasteiger partial charge in [0.15, 0.2) is 5.76 Å². The molecular weight excluding hydrogens is 442 g/mol. The number of carbonyl (C=O) groups is 1. The third-order valence-corrected chi connectivity index (χ3v) is 5.39. The summed E-state index contributed by atoms with van der Waals surface area (Å²) in [6.45, 7) is 2.08. The second-order valence-electron chi connectivity index (χ2n) is 7.63. The third-order valence-electron chi connectivity index (χ3n) is 5.39. The highest BCUT2D eigenvalue weighted by Crippen LogP contribution is 2.35. The van der Waals surface area contributed by atoms with E-state index in [1.165, 1.54) is 35.5 Å². The van der Waals surface area contributed by atoms with Gasteiger partial charge in [-0.25, -0.2) is 4.39 Å². The minimum absolute atomic E-state index is 0.228. The second-order valence-corrected chi connectivity index (χ2v) is 7.63. The van der Waals surface area contributed by atoms with Crippen LogP contribution in [-0.2, 0) is 6.18 Å². The number of fused-ring (bicyclic) bond motifs is 1. The molecule has 0 radical (unpaired) electrons. The Bertz CT molecular complexity index is 1340. The number of benzene rings is 1. The summed E-state index contributed by atoms with van der Waals surface area (Å²) in [6.07, 6.45) is -0.512. The SMILES string of the molecule is C[C@H]1CN(c2ccc(C(F)(F)F)cc2)C(=O)c2c(-c3cc(-c4cncc(F)c4)on3)cnn21. The van der Waals surface area contributed by atoms with Gasteiger partial charge < -0.3 is 9.42 Å². The molecule has 0 saturated carbocycles. The van der Waals surface area contributed by atoms with Crippen LogP contribution in [0.2, 0.25) is 0 Å². The lowest BCUT2D eigenvalue weighted by Crippen LogP contribution is -2.42. The van der Waals surface area contributed by atoms with Gasteiger partial charge >= 0.3 is 6.18 Å². The Balaban J connectivity index is 1.50. The number of carbonyl (C=O) groups excluding carboxylic acids is 1. The van der Waals surface area contributed by atoms with Crippen molar-refractivity contribution < 1.29 is 26.9 Å². The van der Waals surface area contributed by atoms with E-state index < -0.39 is 23.5 Å². The Morgan fingerprint density at radius 3 is 2.55 bits per heavy atom. The Morgan fingerprint density at radius 2 is 1.85 bits per heavy atom. The van der Waals surface area contributed by atoms with Crippen LogP contribution in [0.5, 0.6) is 0 Å². The molecule has 4 heterocycles. The molecule has 1 aliphatic heterocycles. The molecule has 1 aliphatic rings. The number of anilines is 1. The zero-order valence-corrected chi connectivity index (χ0v) is 17.0. The van der Waals surface area contributed by atoms with E-state index in [9.17, 15) is 22.4 Å². The van der Waals surface area contributed by atoms with Gasteiger partial charge in [-0.05, 0) is 37.3 Å². The van der Waals surface area contributed by atoms with Crippen molar-refractivity contribution >= 4 is 11.6 Å². The normalized spacial score (nSPS) is 16.2. The van der Waals surface area contributed by atoms with E-state index in [4.69, 9.17) is 4.52 Å². The summed E-state index contributed by atoms with van der Waals surface area (Å²) in [5.74, 6) is -0.713. The van der Waals surface area contributed by atoms with Crippen molar-refractivity contribution in [2.75, 3.05) is 11.4 Å². The molecule has 0 spiro atoms. The average Bonchev–Trinajstić information content (AvgIpc) is 3.43. The van der Waals surface area contributed by atoms with E-state index in [1.807, 2.05) is 6.92 Å². The fraction of sp³-hybridized carbons (Fsp3) is 0.182. The second kappa shape index (κ2) is 7.54. The van der Waals surface area contributed by atoms with E-state index in [1.54, 1.807) is 10.7 Å². The Hall–Kier alpha value is -4.02. The maximum atomic E-state index is 13.5. The fourth-order valence-electron chi connectivity index (χ4n) is 3.79. The minimum atomic E-state index is -4.47. The standard InChI is InChI=1S/C22H15F4N5O2/c1-12-11-30(16-4-2-14(3-5-16)22(24,25)26)21(32)20-17(10-28-31(12)20)18-7-19(33-29-18)13-6-15(23)9-27-8-13/h2-10,12H,11H2,1H3/t12-/m0/s1. The number of hydrogen-bond donors (Lipinski definition) is 0. The number of alkyl halides is 3. The molecule has 7 nitrogen and oxygen atoms in total. The first-order chi connectivity index (χ1) is 15.7. The maximum absolute atomic E-state index is 13.5. The molecule has 0 bridgehead atoms. The first-order valence-corrected chi connectivity index (χ1v) is 9.87. The first-order valence-electron chi connectivity index (χ1n) is 9.87. The summed E-state index contributed by atoms with van der Waals surface area (Å²) in [7, 11) is 0. The molecular formula is C22H15F4N5O2. The fourth-order valence-corrected chi connectivity index (χ4v) is 3.79. The molecule has 0 saturated heterocycles. The predicted molar refractivity (Wildman–Crippen MR) is 109 cm³/mol. The minimum Gasteiger partial charge on any atom is -0.356 e. The van der Waals surface area contributed by atoms with E-state index in [2.05, 4.69) is 15.2 Å². The van der Waals surface area contributed by atoms with Gasteiger partial charge in [0, 0.05) is 30.1 Å². The Labute approximate surface area is 184 Å². The van der Waals surface area contributed by atoms with Crippen LogP contribution < -0.4 is 4.90 Å². The molecule has 11 heteroatoms. The number of hydrogen-bond acceptors (Lipinski definition) is 5. The molecule has 5 rings (SSSR count). The third kappa shape index (κ3) is 3.65. The van der Waals surface area contributed by atoms with Crippen LogP contribution in [0.15, 0.2) is 59.5 Å². The molecule has 0 aliphatic carbocycles. The largest absolute Gasteiger partial charge is 0.416 e. The van der Waals surface area contributed by atoms with Gasteiger partial charge in [-0.3, -0.25) is 14.5 Å². The number of pyridine rings is 1. The van der Waals surface area contributed by atoms with Crippen molar-refractivity contribution in [3.8, 4) is 22.6 Å². The van der Waals surface area contributed by atoms with Gasteiger partial charge in [0.2, 0.25) is 0 Å². The van der Waals surface area contributed by atoms with Crippen molar-refractivity contribution in [1.82, 2.24) is 19.9 Å². The summed E-state index contributed by atoms with van der Waals surface area (Å²) in [5.41, 5.74) is 0.848. The van der Waals surface area contributed by atoms with Crippen molar-refractivity contribution in [2.24, 2.45) is 0 Å². The highest BCUT2D eigenvalue weighted by molar-refractivity contribution is 6.09. The summed E-state index contributed by atoms with van der Waals surface area (Å²) in [4.78, 5) is 18.5. The molecule has 3 aromatic heterocycles. The summed E-state index contributed by atoms with van der Waals surface area (Å²) in [6, 6.07) is 6.96. The van der Waals surface area contributed by atoms with Crippen LogP contribution in [0.1, 0.15) is 29.0 Å². The van der Waals surface area contributed by atoms with E-state index in [0.717, 1.165) is 18.3 Å². The number of amides is 1. The lowest BCUT2D eigenvalue weighted by molar-refractivity contribution is -0.137. The van der Waals surface area contributed by atoms with Gasteiger partial charge in [-0.15, -0.1) is 0 Å². The Kier molecular flexibility index (Phi) is 4.76. The molecule has 0 fully saturated rings. The average molecular weight is 457 g/mol. The van der Waals surface area contributed by atoms with Crippen molar-refractivity contribution in [3.63, 3.8) is 0 Å². The predicted octanol–water partition coefficient (Wildman–Crippen LogP) is 4.98. The zero-order valence-electron chi connectivity index (χ0n) is 17.0. The van der Waals surface area contributed by atoms with Crippen molar-refractivity contribution in [1.29, 1.82) is 0 Å². The quantitative estimate of drug-likeness (QED) is 0.406. The van der Waals surface area contributed by atoms with Crippen molar-refractivity contribution in [3.05, 3.63) is 72.1 Å². The smallest absolute Gasteiger partial charge is 0.356 e. The lowest BCUT2D eigenvalue weighted by Gasteiger charge is -2.32. The summed E-state index contributed by atoms with van der Waals surface area (Å²) in [5, 5.41) is 8.30. The Morgan fingerprint density at radius 1 is 1.09 bits per heavy atom. The molecule has 1 atom stereocenters. The zero-order chi connectivity index (χ0) is 23.3. The highest BCUT2D eigenvalue weighted by Gasteiger charge is 2.35. The van der Waals surface area contributed by atoms with Crippen LogP contribution in [0.3, 0.4) is 0 Å². The number of halogens is 4. The molecule has 0 N–H and O–H groups in total. The van der Waals surface area contributed by atoms with E-state index in [0.29, 0.717) is 22.5 Å². The van der Waals surface area contributed by atoms with Crippen LogP contribution >= 0.6 is 0 Å². The van der Waals surface area contributed by atoms with Crippen molar-refractivity contribution in [2.45, 2.75) is 19.1 Å². The number of rotatable bonds is 3. The van der Waals surface area contributed by atoms with Crippen LogP contribution in [-0.4, -0.2) is 32.4 Å². The first kappa shape index (κ1) is 20.9. The molecule has 1 amide bonds. The summed E-state index contributed by atoms with van der Waals surface area (Å²) < 4.78 is 59.1. The van der Waals surface area contributed by atoms with Gasteiger partial charge in [0.05, 0.1) is 29.6 Å². The van der Waals surface area contributed by atoms with Gasteiger partial charge in [0.25, 0.3) is 5.91 Å². The molecule has 1 aromatic carbocycles. The van der Waals surface area contributed by atoms with Gasteiger partial charge in [0.1, 0.15) is 17.2 Å². The van der Waals surface area contributed by atoms with Gasteiger partial charge in [-0.1, -0.05) is 5.16 Å². The maximum Gasteiger partial charge on any atom is 0.416 e. The lowest BCUT2D eigenvalue weighted by atomic mass is 10.1. The van der Waals surface area contributed by atoms with Crippen LogP contribution in [0, 0.1) is 5.82 Å².